The van der Waals surface area contributed by atoms with Gasteiger partial charge in [-0.2, -0.15) is 0 Å². The second-order valence-corrected chi connectivity index (χ2v) is 4.29. The van der Waals surface area contributed by atoms with Crippen molar-refractivity contribution in [3.63, 3.8) is 0 Å². The standard InChI is InChI=1S/C13H23N3O2/c1-7-11(16(5)6)10(3)13(18)15-8-9(2)12(17)14-4/h8,11H,3,7H2,1-2,4-6H3,(H,14,17)(H,15,18)/b9-8+. The molecule has 0 aliphatic rings. The third kappa shape index (κ3) is 4.71. The third-order valence-corrected chi connectivity index (χ3v) is 2.71. The summed E-state index contributed by atoms with van der Waals surface area (Å²) in [4.78, 5) is 25.0. The van der Waals surface area contributed by atoms with Crippen molar-refractivity contribution in [2.45, 2.75) is 26.3 Å². The van der Waals surface area contributed by atoms with E-state index in [1.807, 2.05) is 25.9 Å². The van der Waals surface area contributed by atoms with Crippen LogP contribution in [0.25, 0.3) is 0 Å². The van der Waals surface area contributed by atoms with Gasteiger partial charge >= 0.3 is 0 Å². The molecule has 0 aromatic heterocycles. The molecule has 1 atom stereocenters. The molecule has 0 rings (SSSR count). The Hall–Kier alpha value is -1.62. The normalized spacial score (nSPS) is 13.1. The van der Waals surface area contributed by atoms with E-state index in [0.29, 0.717) is 11.1 Å². The molecule has 0 spiro atoms. The highest BCUT2D eigenvalue weighted by molar-refractivity contribution is 5.97. The minimum Gasteiger partial charge on any atom is -0.355 e. The zero-order chi connectivity index (χ0) is 14.3. The highest BCUT2D eigenvalue weighted by atomic mass is 16.2. The summed E-state index contributed by atoms with van der Waals surface area (Å²) in [6, 6.07) is -0.00120. The van der Waals surface area contributed by atoms with Gasteiger partial charge in [0.25, 0.3) is 5.91 Å². The molecule has 0 aliphatic heterocycles. The summed E-state index contributed by atoms with van der Waals surface area (Å²) in [5, 5.41) is 5.06. The van der Waals surface area contributed by atoms with Crippen molar-refractivity contribution >= 4 is 11.8 Å². The Morgan fingerprint density at radius 1 is 1.33 bits per heavy atom. The Kier molecular flexibility index (Phi) is 6.97. The maximum Gasteiger partial charge on any atom is 0.252 e. The fourth-order valence-corrected chi connectivity index (χ4v) is 1.60. The van der Waals surface area contributed by atoms with Gasteiger partial charge in [0.2, 0.25) is 5.91 Å². The van der Waals surface area contributed by atoms with Gasteiger partial charge in [-0.25, -0.2) is 0 Å². The van der Waals surface area contributed by atoms with E-state index in [1.54, 1.807) is 14.0 Å². The molecular formula is C13H23N3O2. The third-order valence-electron chi connectivity index (χ3n) is 2.71. The molecule has 5 heteroatoms. The van der Waals surface area contributed by atoms with Crippen LogP contribution < -0.4 is 10.6 Å². The Bertz CT molecular complexity index is 359. The van der Waals surface area contributed by atoms with Crippen LogP contribution in [-0.2, 0) is 9.59 Å². The number of rotatable bonds is 6. The zero-order valence-electron chi connectivity index (χ0n) is 11.8. The first-order valence-electron chi connectivity index (χ1n) is 5.90. The quantitative estimate of drug-likeness (QED) is 0.683. The second kappa shape index (κ2) is 7.66. The van der Waals surface area contributed by atoms with Crippen LogP contribution in [-0.4, -0.2) is 43.9 Å². The fourth-order valence-electron chi connectivity index (χ4n) is 1.60. The number of nitrogens with zero attached hydrogens (tertiary/aromatic N) is 1. The van der Waals surface area contributed by atoms with Crippen LogP contribution in [0.2, 0.25) is 0 Å². The summed E-state index contributed by atoms with van der Waals surface area (Å²) in [5.41, 5.74) is 0.931. The molecule has 0 aromatic rings. The SMILES string of the molecule is C=C(C(=O)N/C=C(\C)C(=O)NC)C(CC)N(C)C. The van der Waals surface area contributed by atoms with Crippen molar-refractivity contribution in [1.82, 2.24) is 15.5 Å². The van der Waals surface area contributed by atoms with E-state index in [-0.39, 0.29) is 17.9 Å². The van der Waals surface area contributed by atoms with Crippen LogP contribution in [0.5, 0.6) is 0 Å². The van der Waals surface area contributed by atoms with Crippen LogP contribution in [0.3, 0.4) is 0 Å². The minimum atomic E-state index is -0.265. The zero-order valence-corrected chi connectivity index (χ0v) is 11.8. The average Bonchev–Trinajstić information content (AvgIpc) is 2.34. The predicted octanol–water partition coefficient (Wildman–Crippen LogP) is 0.649. The van der Waals surface area contributed by atoms with E-state index in [4.69, 9.17) is 0 Å². The number of amides is 2. The highest BCUT2D eigenvalue weighted by Gasteiger charge is 2.18. The molecule has 0 fully saturated rings. The van der Waals surface area contributed by atoms with Gasteiger partial charge in [-0.3, -0.25) is 9.59 Å². The van der Waals surface area contributed by atoms with Gasteiger partial charge in [-0.1, -0.05) is 13.5 Å². The Balaban J connectivity index is 4.59. The minimum absolute atomic E-state index is 0.00120. The van der Waals surface area contributed by atoms with Gasteiger partial charge < -0.3 is 15.5 Å². The molecule has 102 valence electrons. The van der Waals surface area contributed by atoms with Crippen molar-refractivity contribution in [2.24, 2.45) is 0 Å². The van der Waals surface area contributed by atoms with Crippen molar-refractivity contribution in [3.05, 3.63) is 23.9 Å². The topological polar surface area (TPSA) is 61.4 Å². The lowest BCUT2D eigenvalue weighted by Crippen LogP contribution is -2.35. The summed E-state index contributed by atoms with van der Waals surface area (Å²) in [6.45, 7) is 7.43. The van der Waals surface area contributed by atoms with Crippen molar-refractivity contribution < 1.29 is 9.59 Å². The predicted molar refractivity (Wildman–Crippen MR) is 72.9 cm³/mol. The smallest absolute Gasteiger partial charge is 0.252 e. The molecule has 0 aliphatic carbocycles. The number of hydrogen-bond acceptors (Lipinski definition) is 3. The van der Waals surface area contributed by atoms with Gasteiger partial charge in [0.15, 0.2) is 0 Å². The lowest BCUT2D eigenvalue weighted by atomic mass is 10.0. The molecule has 0 bridgehead atoms. The lowest BCUT2D eigenvalue weighted by molar-refractivity contribution is -0.117. The van der Waals surface area contributed by atoms with Crippen LogP contribution in [0, 0.1) is 0 Å². The molecule has 0 aromatic carbocycles. The van der Waals surface area contributed by atoms with Crippen LogP contribution in [0.15, 0.2) is 23.9 Å². The molecule has 18 heavy (non-hydrogen) atoms. The Labute approximate surface area is 109 Å². The van der Waals surface area contributed by atoms with Crippen LogP contribution in [0.4, 0.5) is 0 Å². The van der Waals surface area contributed by atoms with Crippen molar-refractivity contribution in [3.8, 4) is 0 Å². The summed E-state index contributed by atoms with van der Waals surface area (Å²) < 4.78 is 0. The van der Waals surface area contributed by atoms with Crippen molar-refractivity contribution in [1.29, 1.82) is 0 Å². The molecular weight excluding hydrogens is 230 g/mol. The van der Waals surface area contributed by atoms with Crippen LogP contribution in [0.1, 0.15) is 20.3 Å². The Morgan fingerprint density at radius 3 is 2.28 bits per heavy atom. The van der Waals surface area contributed by atoms with Crippen LogP contribution >= 0.6 is 0 Å². The average molecular weight is 253 g/mol. The second-order valence-electron chi connectivity index (χ2n) is 4.29. The summed E-state index contributed by atoms with van der Waals surface area (Å²) >= 11 is 0. The first kappa shape index (κ1) is 16.4. The van der Waals surface area contributed by atoms with Gasteiger partial charge in [0, 0.05) is 30.4 Å². The number of likely N-dealkylation sites (N-methyl/N-ethyl adjacent to an activating group) is 2. The maximum absolute atomic E-state index is 11.8. The van der Waals surface area contributed by atoms with E-state index < -0.39 is 0 Å². The van der Waals surface area contributed by atoms with E-state index in [9.17, 15) is 9.59 Å². The molecule has 0 saturated heterocycles. The van der Waals surface area contributed by atoms with E-state index >= 15 is 0 Å². The number of nitrogens with one attached hydrogen (secondary N) is 2. The maximum atomic E-state index is 11.8. The van der Waals surface area contributed by atoms with Gasteiger partial charge in [-0.15, -0.1) is 0 Å². The summed E-state index contributed by atoms with van der Waals surface area (Å²) in [6.07, 6.45) is 2.20. The first-order chi connectivity index (χ1) is 8.34. The van der Waals surface area contributed by atoms with E-state index in [0.717, 1.165) is 6.42 Å². The molecule has 2 amide bonds. The van der Waals surface area contributed by atoms with Gasteiger partial charge in [0.05, 0.1) is 0 Å². The van der Waals surface area contributed by atoms with E-state index in [1.165, 1.54) is 6.20 Å². The van der Waals surface area contributed by atoms with Crippen molar-refractivity contribution in [2.75, 3.05) is 21.1 Å². The molecule has 5 nitrogen and oxygen atoms in total. The summed E-state index contributed by atoms with van der Waals surface area (Å²) in [5.74, 6) is -0.487. The number of carbonyl (C=O) groups excluding carboxylic acids is 2. The largest absolute Gasteiger partial charge is 0.355 e. The number of hydrogen-bond donors (Lipinski definition) is 2. The summed E-state index contributed by atoms with van der Waals surface area (Å²) in [7, 11) is 5.34. The number of carbonyl (C=O) groups is 2. The molecule has 0 saturated carbocycles. The molecule has 2 N–H and O–H groups in total. The van der Waals surface area contributed by atoms with Gasteiger partial charge in [-0.05, 0) is 27.4 Å². The van der Waals surface area contributed by atoms with E-state index in [2.05, 4.69) is 17.2 Å². The highest BCUT2D eigenvalue weighted by Crippen LogP contribution is 2.09. The molecule has 1 unspecified atom stereocenters. The lowest BCUT2D eigenvalue weighted by Gasteiger charge is -2.24. The molecule has 0 radical (unpaired) electrons. The Morgan fingerprint density at radius 2 is 1.89 bits per heavy atom. The first-order valence-corrected chi connectivity index (χ1v) is 5.90. The monoisotopic (exact) mass is 253 g/mol. The van der Waals surface area contributed by atoms with Gasteiger partial charge in [0.1, 0.15) is 0 Å². The fraction of sp³-hybridized carbons (Fsp3) is 0.538. The molecule has 0 heterocycles.